The van der Waals surface area contributed by atoms with Gasteiger partial charge in [-0.1, -0.05) is 59.0 Å². The molecule has 1 aliphatic heterocycles. The maximum atomic E-state index is 13.9. The molecule has 0 fully saturated rings. The SMILES string of the molecule is COC(=O)Cc1ccc([C@H]2C(C(=O)OC(C)C)=C(C)N=c3s/c(=C/c4ccc(Sc5ccc(Cl)cc5)o4)c(=O)n32)cc1. The maximum absolute atomic E-state index is 13.9. The Kier molecular flexibility index (Phi) is 8.86. The summed E-state index contributed by atoms with van der Waals surface area (Å²) in [7, 11) is 1.34. The molecule has 1 aliphatic rings. The van der Waals surface area contributed by atoms with E-state index in [1.54, 1.807) is 57.2 Å². The molecule has 11 heteroatoms. The van der Waals surface area contributed by atoms with Gasteiger partial charge >= 0.3 is 11.9 Å². The number of allylic oxidation sites excluding steroid dienone is 1. The minimum atomic E-state index is -0.769. The number of aromatic nitrogens is 1. The second-order valence-electron chi connectivity index (χ2n) is 9.74. The molecule has 0 aliphatic carbocycles. The zero-order valence-electron chi connectivity index (χ0n) is 23.3. The van der Waals surface area contributed by atoms with Crippen molar-refractivity contribution in [1.82, 2.24) is 4.57 Å². The molecular formula is C31H27ClN2O6S2. The summed E-state index contributed by atoms with van der Waals surface area (Å²) in [6, 6.07) is 17.5. The number of carbonyl (C=O) groups is 2. The predicted molar refractivity (Wildman–Crippen MR) is 161 cm³/mol. The predicted octanol–water partition coefficient (Wildman–Crippen LogP) is 5.30. The van der Waals surface area contributed by atoms with Gasteiger partial charge in [-0.15, -0.1) is 0 Å². The number of hydrogen-bond acceptors (Lipinski definition) is 9. The second-order valence-corrected chi connectivity index (χ2v) is 12.3. The van der Waals surface area contributed by atoms with E-state index in [9.17, 15) is 14.4 Å². The van der Waals surface area contributed by atoms with Crippen LogP contribution in [-0.2, 0) is 25.5 Å². The first-order valence-corrected chi connectivity index (χ1v) is 15.1. The normalized spacial score (nSPS) is 15.0. The summed E-state index contributed by atoms with van der Waals surface area (Å²) in [6.07, 6.45) is 1.43. The number of fused-ring (bicyclic) bond motifs is 1. The molecule has 0 saturated carbocycles. The van der Waals surface area contributed by atoms with Crippen molar-refractivity contribution in [1.29, 1.82) is 0 Å². The molecule has 8 nitrogen and oxygen atoms in total. The van der Waals surface area contributed by atoms with Gasteiger partial charge in [0.15, 0.2) is 9.89 Å². The Morgan fingerprint density at radius 3 is 2.50 bits per heavy atom. The van der Waals surface area contributed by atoms with E-state index in [0.29, 0.717) is 36.5 Å². The minimum Gasteiger partial charge on any atom is -0.469 e. The molecule has 0 N–H and O–H groups in total. The van der Waals surface area contributed by atoms with Crippen molar-refractivity contribution in [2.75, 3.05) is 7.11 Å². The molecule has 1 atom stereocenters. The summed E-state index contributed by atoms with van der Waals surface area (Å²) in [5.74, 6) is -0.394. The van der Waals surface area contributed by atoms with Gasteiger partial charge in [-0.2, -0.15) is 0 Å². The van der Waals surface area contributed by atoms with E-state index in [1.807, 2.05) is 30.3 Å². The van der Waals surface area contributed by atoms with E-state index in [1.165, 1.54) is 34.8 Å². The number of ether oxygens (including phenoxy) is 2. The topological polar surface area (TPSA) is 100 Å². The molecule has 0 spiro atoms. The molecule has 2 aromatic heterocycles. The van der Waals surface area contributed by atoms with Gasteiger partial charge in [0.2, 0.25) is 0 Å². The Morgan fingerprint density at radius 2 is 1.83 bits per heavy atom. The van der Waals surface area contributed by atoms with Crippen LogP contribution < -0.4 is 14.9 Å². The third-order valence-electron chi connectivity index (χ3n) is 6.36. The van der Waals surface area contributed by atoms with Crippen molar-refractivity contribution in [3.05, 3.63) is 114 Å². The number of methoxy groups -OCH3 is 1. The average Bonchev–Trinajstić information content (AvgIpc) is 3.52. The van der Waals surface area contributed by atoms with Gasteiger partial charge in [-0.25, -0.2) is 9.79 Å². The highest BCUT2D eigenvalue weighted by molar-refractivity contribution is 7.99. The Hall–Kier alpha value is -3.86. The lowest BCUT2D eigenvalue weighted by Crippen LogP contribution is -2.40. The number of nitrogens with zero attached hydrogens (tertiary/aromatic N) is 2. The molecule has 42 heavy (non-hydrogen) atoms. The number of esters is 2. The molecule has 5 rings (SSSR count). The molecule has 0 amide bonds. The Labute approximate surface area is 254 Å². The summed E-state index contributed by atoms with van der Waals surface area (Å²) >= 11 is 8.64. The molecule has 4 aromatic rings. The van der Waals surface area contributed by atoms with Gasteiger partial charge in [-0.05, 0) is 68.3 Å². The van der Waals surface area contributed by atoms with Crippen LogP contribution in [0, 0.1) is 0 Å². The molecule has 216 valence electrons. The lowest BCUT2D eigenvalue weighted by Gasteiger charge is -2.25. The van der Waals surface area contributed by atoms with Crippen LogP contribution in [0.5, 0.6) is 0 Å². The highest BCUT2D eigenvalue weighted by Crippen LogP contribution is 2.32. The van der Waals surface area contributed by atoms with E-state index in [0.717, 1.165) is 10.5 Å². The monoisotopic (exact) mass is 622 g/mol. The van der Waals surface area contributed by atoms with Gasteiger partial charge in [0.1, 0.15) is 5.76 Å². The summed E-state index contributed by atoms with van der Waals surface area (Å²) in [5, 5.41) is 1.32. The van der Waals surface area contributed by atoms with Crippen LogP contribution in [0.25, 0.3) is 6.08 Å². The summed E-state index contributed by atoms with van der Waals surface area (Å²) in [4.78, 5) is 45.0. The molecule has 0 unspecified atom stereocenters. The van der Waals surface area contributed by atoms with Crippen LogP contribution in [0.2, 0.25) is 5.02 Å². The highest BCUT2D eigenvalue weighted by atomic mass is 35.5. The van der Waals surface area contributed by atoms with Crippen LogP contribution in [0.4, 0.5) is 0 Å². The molecule has 0 radical (unpaired) electrons. The van der Waals surface area contributed by atoms with E-state index in [4.69, 9.17) is 25.5 Å². The van der Waals surface area contributed by atoms with Gasteiger partial charge in [-0.3, -0.25) is 14.2 Å². The smallest absolute Gasteiger partial charge is 0.338 e. The molecule has 3 heterocycles. The van der Waals surface area contributed by atoms with Gasteiger partial charge in [0.05, 0.1) is 41.5 Å². The quantitative estimate of drug-likeness (QED) is 0.246. The van der Waals surface area contributed by atoms with Crippen molar-refractivity contribution in [2.24, 2.45) is 4.99 Å². The maximum Gasteiger partial charge on any atom is 0.338 e. The fourth-order valence-corrected chi connectivity index (χ4v) is 6.38. The summed E-state index contributed by atoms with van der Waals surface area (Å²) in [6.45, 7) is 5.27. The average molecular weight is 623 g/mol. The van der Waals surface area contributed by atoms with Crippen LogP contribution in [0.15, 0.2) is 96.1 Å². The molecule has 0 saturated heterocycles. The zero-order chi connectivity index (χ0) is 30.0. The van der Waals surface area contributed by atoms with Crippen LogP contribution >= 0.6 is 34.7 Å². The Bertz CT molecular complexity index is 1850. The first kappa shape index (κ1) is 29.6. The number of rotatable bonds is 8. The molecular weight excluding hydrogens is 596 g/mol. The minimum absolute atomic E-state index is 0.109. The standard InChI is InChI=1S/C31H27ClN2O6S2/c1-17(2)39-30(37)27-18(3)33-31-34(28(27)20-7-5-19(6-8-20)15-25(35)38-4)29(36)24(42-31)16-22-11-14-26(40-22)41-23-12-9-21(32)10-13-23/h5-14,16-17,28H,15H2,1-4H3/b24-16+/t28-/m0/s1. The number of furan rings is 1. The molecule has 0 bridgehead atoms. The van der Waals surface area contributed by atoms with Crippen LogP contribution in [0.1, 0.15) is 43.7 Å². The zero-order valence-corrected chi connectivity index (χ0v) is 25.6. The lowest BCUT2D eigenvalue weighted by atomic mass is 9.94. The third kappa shape index (κ3) is 6.46. The van der Waals surface area contributed by atoms with E-state index >= 15 is 0 Å². The van der Waals surface area contributed by atoms with E-state index in [2.05, 4.69) is 4.99 Å². The fourth-order valence-electron chi connectivity index (χ4n) is 4.45. The van der Waals surface area contributed by atoms with Crippen molar-refractivity contribution in [3.63, 3.8) is 0 Å². The van der Waals surface area contributed by atoms with Gasteiger partial charge < -0.3 is 13.9 Å². The number of thiazole rings is 1. The number of benzene rings is 2. The van der Waals surface area contributed by atoms with Crippen LogP contribution in [0.3, 0.4) is 0 Å². The van der Waals surface area contributed by atoms with Gasteiger partial charge in [0, 0.05) is 16.0 Å². The summed E-state index contributed by atoms with van der Waals surface area (Å²) in [5.41, 5.74) is 1.86. The second kappa shape index (κ2) is 12.6. The molecule has 2 aromatic carbocycles. The highest BCUT2D eigenvalue weighted by Gasteiger charge is 2.33. The van der Waals surface area contributed by atoms with Crippen molar-refractivity contribution >= 4 is 52.7 Å². The largest absolute Gasteiger partial charge is 0.469 e. The number of carbonyl (C=O) groups excluding carboxylic acids is 2. The first-order chi connectivity index (χ1) is 20.1. The van der Waals surface area contributed by atoms with Crippen LogP contribution in [-0.4, -0.2) is 29.7 Å². The summed E-state index contributed by atoms with van der Waals surface area (Å²) < 4.78 is 18.2. The van der Waals surface area contributed by atoms with Crippen molar-refractivity contribution < 1.29 is 23.5 Å². The Balaban J connectivity index is 1.55. The number of hydrogen-bond donors (Lipinski definition) is 0. The van der Waals surface area contributed by atoms with E-state index in [-0.39, 0.29) is 29.6 Å². The fraction of sp³-hybridized carbons (Fsp3) is 0.226. The third-order valence-corrected chi connectivity index (χ3v) is 8.53. The van der Waals surface area contributed by atoms with Crippen molar-refractivity contribution in [3.8, 4) is 0 Å². The van der Waals surface area contributed by atoms with Gasteiger partial charge in [0.25, 0.3) is 5.56 Å². The number of halogens is 1. The Morgan fingerprint density at radius 1 is 1.12 bits per heavy atom. The van der Waals surface area contributed by atoms with E-state index < -0.39 is 12.0 Å². The van der Waals surface area contributed by atoms with Crippen molar-refractivity contribution in [2.45, 2.75) is 49.3 Å². The first-order valence-electron chi connectivity index (χ1n) is 13.1. The lowest BCUT2D eigenvalue weighted by molar-refractivity contribution is -0.143.